The average molecular weight is 166 g/mol. The summed E-state index contributed by atoms with van der Waals surface area (Å²) in [4.78, 5) is 8.31. The Labute approximate surface area is 73.7 Å². The lowest BCUT2D eigenvalue weighted by atomic mass is 10.2. The first-order valence-corrected chi connectivity index (χ1v) is 4.09. The van der Waals surface area contributed by atoms with Crippen LogP contribution in [-0.2, 0) is 0 Å². The molecule has 12 heavy (non-hydrogen) atoms. The van der Waals surface area contributed by atoms with Crippen LogP contribution in [0.4, 0.5) is 0 Å². The summed E-state index contributed by atoms with van der Waals surface area (Å²) in [7, 11) is 6.46. The van der Waals surface area contributed by atoms with E-state index in [2.05, 4.69) is 38.0 Å². The molecule has 0 fully saturated rings. The number of quaternary nitrogens is 1. The molecule has 0 aliphatic heterocycles. The van der Waals surface area contributed by atoms with Crippen LogP contribution in [0.2, 0.25) is 0 Å². The van der Waals surface area contributed by atoms with Gasteiger partial charge in [-0.1, -0.05) is 0 Å². The van der Waals surface area contributed by atoms with Crippen molar-refractivity contribution < 1.29 is 4.48 Å². The van der Waals surface area contributed by atoms with Crippen molar-refractivity contribution in [2.45, 2.75) is 13.0 Å². The molecule has 0 saturated heterocycles. The number of rotatable bonds is 2. The quantitative estimate of drug-likeness (QED) is 0.618. The standard InChI is InChI=1S/C9H16N3/c1-8(12(2,3)4)9-7-10-5-6-11-9/h5-8H,1-4H3/q+1. The highest BCUT2D eigenvalue weighted by molar-refractivity contribution is 4.97. The van der Waals surface area contributed by atoms with Gasteiger partial charge in [-0.05, 0) is 6.92 Å². The molecule has 0 bridgehead atoms. The Bertz CT molecular complexity index is 238. The van der Waals surface area contributed by atoms with E-state index in [1.807, 2.05) is 6.20 Å². The number of hydrogen-bond donors (Lipinski definition) is 0. The summed E-state index contributed by atoms with van der Waals surface area (Å²) in [5, 5.41) is 0. The van der Waals surface area contributed by atoms with Crippen molar-refractivity contribution in [1.29, 1.82) is 0 Å². The van der Waals surface area contributed by atoms with E-state index in [-0.39, 0.29) is 0 Å². The highest BCUT2D eigenvalue weighted by Crippen LogP contribution is 2.18. The minimum atomic E-state index is 0.388. The predicted molar refractivity (Wildman–Crippen MR) is 48.5 cm³/mol. The van der Waals surface area contributed by atoms with Gasteiger partial charge in [0.25, 0.3) is 0 Å². The van der Waals surface area contributed by atoms with Gasteiger partial charge in [-0.3, -0.25) is 9.97 Å². The van der Waals surface area contributed by atoms with Gasteiger partial charge in [0.05, 0.1) is 27.3 Å². The van der Waals surface area contributed by atoms with E-state index < -0.39 is 0 Å². The second-order valence-electron chi connectivity index (χ2n) is 3.92. The minimum absolute atomic E-state index is 0.388. The first kappa shape index (κ1) is 9.13. The molecule has 0 aromatic carbocycles. The molecular formula is C9H16N3+. The topological polar surface area (TPSA) is 25.8 Å². The van der Waals surface area contributed by atoms with Crippen LogP contribution in [0, 0.1) is 0 Å². The first-order chi connectivity index (χ1) is 5.52. The van der Waals surface area contributed by atoms with Crippen molar-refractivity contribution in [3.8, 4) is 0 Å². The SMILES string of the molecule is CC(c1cnccn1)[N+](C)(C)C. The third-order valence-corrected chi connectivity index (χ3v) is 2.17. The number of hydrogen-bond acceptors (Lipinski definition) is 2. The van der Waals surface area contributed by atoms with Crippen LogP contribution in [0.25, 0.3) is 0 Å². The lowest BCUT2D eigenvalue weighted by Gasteiger charge is -2.30. The molecule has 1 atom stereocenters. The third kappa shape index (κ3) is 2.01. The minimum Gasteiger partial charge on any atom is -0.324 e. The lowest BCUT2D eigenvalue weighted by molar-refractivity contribution is -0.900. The summed E-state index contributed by atoms with van der Waals surface area (Å²) in [6, 6.07) is 0.388. The van der Waals surface area contributed by atoms with Gasteiger partial charge >= 0.3 is 0 Å². The van der Waals surface area contributed by atoms with Crippen molar-refractivity contribution in [1.82, 2.24) is 9.97 Å². The van der Waals surface area contributed by atoms with Gasteiger partial charge in [0, 0.05) is 12.4 Å². The van der Waals surface area contributed by atoms with Crippen LogP contribution < -0.4 is 0 Å². The first-order valence-electron chi connectivity index (χ1n) is 4.09. The number of nitrogens with zero attached hydrogens (tertiary/aromatic N) is 3. The van der Waals surface area contributed by atoms with Crippen LogP contribution in [0.3, 0.4) is 0 Å². The molecule has 0 radical (unpaired) electrons. The summed E-state index contributed by atoms with van der Waals surface area (Å²) in [5.41, 5.74) is 1.05. The Morgan fingerprint density at radius 1 is 1.25 bits per heavy atom. The molecule has 0 spiro atoms. The summed E-state index contributed by atoms with van der Waals surface area (Å²) in [5.74, 6) is 0. The molecule has 0 aliphatic rings. The molecule has 3 heteroatoms. The van der Waals surface area contributed by atoms with Crippen LogP contribution in [0.1, 0.15) is 18.7 Å². The van der Waals surface area contributed by atoms with E-state index in [9.17, 15) is 0 Å². The molecule has 0 amide bonds. The lowest BCUT2D eigenvalue weighted by Crippen LogP contribution is -2.37. The fraction of sp³-hybridized carbons (Fsp3) is 0.556. The Morgan fingerprint density at radius 3 is 2.33 bits per heavy atom. The molecule has 1 aromatic rings. The summed E-state index contributed by atoms with van der Waals surface area (Å²) >= 11 is 0. The normalized spacial score (nSPS) is 14.3. The maximum absolute atomic E-state index is 4.27. The number of aromatic nitrogens is 2. The molecule has 1 unspecified atom stereocenters. The van der Waals surface area contributed by atoms with Crippen LogP contribution >= 0.6 is 0 Å². The molecular weight excluding hydrogens is 150 g/mol. The van der Waals surface area contributed by atoms with E-state index in [0.29, 0.717) is 6.04 Å². The maximum atomic E-state index is 4.27. The Kier molecular flexibility index (Phi) is 2.43. The Morgan fingerprint density at radius 2 is 1.92 bits per heavy atom. The van der Waals surface area contributed by atoms with Crippen LogP contribution in [0.15, 0.2) is 18.6 Å². The fourth-order valence-electron chi connectivity index (χ4n) is 0.923. The molecule has 66 valence electrons. The van der Waals surface area contributed by atoms with E-state index in [1.165, 1.54) is 0 Å². The van der Waals surface area contributed by atoms with Gasteiger partial charge in [-0.15, -0.1) is 0 Å². The van der Waals surface area contributed by atoms with Gasteiger partial charge < -0.3 is 4.48 Å². The van der Waals surface area contributed by atoms with E-state index in [1.54, 1.807) is 12.4 Å². The van der Waals surface area contributed by atoms with Crippen molar-refractivity contribution >= 4 is 0 Å². The Hall–Kier alpha value is -0.960. The second kappa shape index (κ2) is 3.19. The van der Waals surface area contributed by atoms with Crippen molar-refractivity contribution in [2.75, 3.05) is 21.1 Å². The van der Waals surface area contributed by atoms with Gasteiger partial charge in [0.1, 0.15) is 11.7 Å². The zero-order valence-electron chi connectivity index (χ0n) is 8.15. The van der Waals surface area contributed by atoms with Gasteiger partial charge in [-0.25, -0.2) is 0 Å². The molecule has 0 N–H and O–H groups in total. The van der Waals surface area contributed by atoms with Crippen molar-refractivity contribution in [3.05, 3.63) is 24.3 Å². The fourth-order valence-corrected chi connectivity index (χ4v) is 0.923. The highest BCUT2D eigenvalue weighted by atomic mass is 15.3. The van der Waals surface area contributed by atoms with Crippen molar-refractivity contribution in [2.24, 2.45) is 0 Å². The van der Waals surface area contributed by atoms with Gasteiger partial charge in [0.2, 0.25) is 0 Å². The average Bonchev–Trinajstić information content (AvgIpc) is 2.03. The third-order valence-electron chi connectivity index (χ3n) is 2.17. The molecule has 1 rings (SSSR count). The zero-order chi connectivity index (χ0) is 9.19. The van der Waals surface area contributed by atoms with E-state index in [0.717, 1.165) is 10.2 Å². The van der Waals surface area contributed by atoms with Crippen LogP contribution in [0.5, 0.6) is 0 Å². The second-order valence-corrected chi connectivity index (χ2v) is 3.92. The summed E-state index contributed by atoms with van der Waals surface area (Å²) in [6.07, 6.45) is 5.27. The summed E-state index contributed by atoms with van der Waals surface area (Å²) in [6.45, 7) is 2.16. The molecule has 3 nitrogen and oxygen atoms in total. The summed E-state index contributed by atoms with van der Waals surface area (Å²) < 4.78 is 0.874. The smallest absolute Gasteiger partial charge is 0.130 e. The monoisotopic (exact) mass is 166 g/mol. The zero-order valence-corrected chi connectivity index (χ0v) is 8.15. The largest absolute Gasteiger partial charge is 0.324 e. The van der Waals surface area contributed by atoms with E-state index >= 15 is 0 Å². The van der Waals surface area contributed by atoms with E-state index in [4.69, 9.17) is 0 Å². The molecule has 1 heterocycles. The highest BCUT2D eigenvalue weighted by Gasteiger charge is 2.21. The van der Waals surface area contributed by atoms with Crippen LogP contribution in [-0.4, -0.2) is 35.6 Å². The maximum Gasteiger partial charge on any atom is 0.130 e. The van der Waals surface area contributed by atoms with Gasteiger partial charge in [-0.2, -0.15) is 0 Å². The Balaban J connectivity index is 2.86. The molecule has 1 aromatic heterocycles. The molecule has 0 aliphatic carbocycles. The van der Waals surface area contributed by atoms with Gasteiger partial charge in [0.15, 0.2) is 0 Å². The predicted octanol–water partition coefficient (Wildman–Crippen LogP) is 1.24. The molecule has 0 saturated carbocycles. The van der Waals surface area contributed by atoms with Crippen molar-refractivity contribution in [3.63, 3.8) is 0 Å².